The summed E-state index contributed by atoms with van der Waals surface area (Å²) in [5.41, 5.74) is 4.15. The van der Waals surface area contributed by atoms with Crippen LogP contribution < -0.4 is 5.32 Å². The average molecular weight is 384 g/mol. The Balaban J connectivity index is 1.73. The van der Waals surface area contributed by atoms with Crippen LogP contribution in [0.4, 0.5) is 5.13 Å². The van der Waals surface area contributed by atoms with E-state index in [1.807, 2.05) is 36.6 Å². The van der Waals surface area contributed by atoms with Crippen molar-refractivity contribution in [2.45, 2.75) is 13.3 Å². The molecule has 1 amide bonds. The highest BCUT2D eigenvalue weighted by molar-refractivity contribution is 7.98. The number of nitrogens with one attached hydrogen (secondary N) is 1. The molecule has 0 radical (unpaired) electrons. The van der Waals surface area contributed by atoms with Gasteiger partial charge in [0, 0.05) is 29.3 Å². The van der Waals surface area contributed by atoms with Crippen molar-refractivity contribution in [3.8, 4) is 22.4 Å². The molecule has 0 spiro atoms. The molecule has 6 heteroatoms. The fourth-order valence-corrected chi connectivity index (χ4v) is 3.83. The number of hydrogen-bond acceptors (Lipinski definition) is 5. The number of carbonyl (C=O) groups excluding carboxylic acids is 1. The average Bonchev–Trinajstić information content (AvgIpc) is 3.15. The van der Waals surface area contributed by atoms with Crippen molar-refractivity contribution in [1.82, 2.24) is 9.97 Å². The Morgan fingerprint density at radius 3 is 2.73 bits per heavy atom. The molecule has 0 bridgehead atoms. The van der Waals surface area contributed by atoms with Crippen LogP contribution in [-0.2, 0) is 4.79 Å². The SMILES string of the molecule is CSCCC(C)C(=O)Nc1nc(-c2cccc(-c3ccncc3)c2)cs1. The van der Waals surface area contributed by atoms with Crippen LogP contribution in [-0.4, -0.2) is 27.9 Å². The summed E-state index contributed by atoms with van der Waals surface area (Å²) in [4.78, 5) is 20.9. The second kappa shape index (κ2) is 8.96. The van der Waals surface area contributed by atoms with E-state index in [0.29, 0.717) is 5.13 Å². The Labute approximate surface area is 162 Å². The third kappa shape index (κ3) is 4.71. The zero-order valence-corrected chi connectivity index (χ0v) is 16.4. The van der Waals surface area contributed by atoms with E-state index in [9.17, 15) is 4.79 Å². The normalized spacial score (nSPS) is 11.9. The molecule has 134 valence electrons. The van der Waals surface area contributed by atoms with E-state index in [4.69, 9.17) is 0 Å². The zero-order valence-electron chi connectivity index (χ0n) is 14.8. The minimum absolute atomic E-state index is 0.00943. The maximum atomic E-state index is 12.2. The van der Waals surface area contributed by atoms with E-state index >= 15 is 0 Å². The third-order valence-corrected chi connectivity index (χ3v) is 5.51. The zero-order chi connectivity index (χ0) is 18.4. The van der Waals surface area contributed by atoms with Crippen molar-refractivity contribution < 1.29 is 4.79 Å². The Morgan fingerprint density at radius 2 is 1.96 bits per heavy atom. The van der Waals surface area contributed by atoms with Gasteiger partial charge in [0.15, 0.2) is 5.13 Å². The highest BCUT2D eigenvalue weighted by atomic mass is 32.2. The van der Waals surface area contributed by atoms with Gasteiger partial charge in [0.1, 0.15) is 0 Å². The minimum Gasteiger partial charge on any atom is -0.302 e. The maximum absolute atomic E-state index is 12.2. The molecule has 3 rings (SSSR count). The quantitative estimate of drug-likeness (QED) is 0.609. The first-order chi connectivity index (χ1) is 12.7. The highest BCUT2D eigenvalue weighted by Crippen LogP contribution is 2.29. The van der Waals surface area contributed by atoms with Crippen molar-refractivity contribution in [2.24, 2.45) is 5.92 Å². The molecule has 1 unspecified atom stereocenters. The number of hydrogen-bond donors (Lipinski definition) is 1. The molecule has 1 N–H and O–H groups in total. The van der Waals surface area contributed by atoms with Crippen molar-refractivity contribution in [2.75, 3.05) is 17.3 Å². The van der Waals surface area contributed by atoms with E-state index < -0.39 is 0 Å². The van der Waals surface area contributed by atoms with E-state index in [0.717, 1.165) is 34.6 Å². The topological polar surface area (TPSA) is 54.9 Å². The number of thioether (sulfide) groups is 1. The number of benzene rings is 1. The summed E-state index contributed by atoms with van der Waals surface area (Å²) in [5, 5.41) is 5.57. The van der Waals surface area contributed by atoms with Gasteiger partial charge in [-0.3, -0.25) is 9.78 Å². The minimum atomic E-state index is -0.00943. The molecular formula is C20H21N3OS2. The van der Waals surface area contributed by atoms with E-state index in [1.165, 1.54) is 11.3 Å². The lowest BCUT2D eigenvalue weighted by molar-refractivity contribution is -0.119. The Bertz CT molecular complexity index is 864. The van der Waals surface area contributed by atoms with Crippen LogP contribution in [0.5, 0.6) is 0 Å². The van der Waals surface area contributed by atoms with Crippen molar-refractivity contribution in [3.05, 3.63) is 54.2 Å². The molecule has 1 atom stereocenters. The summed E-state index contributed by atoms with van der Waals surface area (Å²) >= 11 is 3.21. The van der Waals surface area contributed by atoms with Crippen LogP contribution in [0.2, 0.25) is 0 Å². The molecule has 0 aliphatic carbocycles. The van der Waals surface area contributed by atoms with Gasteiger partial charge in [-0.05, 0) is 47.8 Å². The van der Waals surface area contributed by atoms with Gasteiger partial charge in [0.05, 0.1) is 5.69 Å². The Morgan fingerprint density at radius 1 is 1.19 bits per heavy atom. The Kier molecular flexibility index (Phi) is 6.41. The van der Waals surface area contributed by atoms with Crippen LogP contribution in [0.3, 0.4) is 0 Å². The number of aromatic nitrogens is 2. The van der Waals surface area contributed by atoms with Gasteiger partial charge in [0.2, 0.25) is 5.91 Å². The summed E-state index contributed by atoms with van der Waals surface area (Å²) in [6.07, 6.45) is 6.50. The first kappa shape index (κ1) is 18.6. The molecule has 4 nitrogen and oxygen atoms in total. The van der Waals surface area contributed by atoms with E-state index in [-0.39, 0.29) is 11.8 Å². The number of thiazole rings is 1. The molecule has 1 aromatic carbocycles. The molecular weight excluding hydrogens is 362 g/mol. The summed E-state index contributed by atoms with van der Waals surface area (Å²) in [7, 11) is 0. The monoisotopic (exact) mass is 383 g/mol. The van der Waals surface area contributed by atoms with Gasteiger partial charge in [-0.25, -0.2) is 4.98 Å². The van der Waals surface area contributed by atoms with Gasteiger partial charge in [-0.2, -0.15) is 11.8 Å². The summed E-state index contributed by atoms with van der Waals surface area (Å²) in [6, 6.07) is 12.2. The molecule has 3 aromatic rings. The predicted octanol–water partition coefficient (Wildman–Crippen LogP) is 5.20. The number of amides is 1. The summed E-state index contributed by atoms with van der Waals surface area (Å²) in [5.74, 6) is 1.01. The molecule has 26 heavy (non-hydrogen) atoms. The lowest BCUT2D eigenvalue weighted by Gasteiger charge is -2.09. The van der Waals surface area contributed by atoms with Crippen LogP contribution in [0, 0.1) is 5.92 Å². The van der Waals surface area contributed by atoms with Crippen molar-refractivity contribution in [1.29, 1.82) is 0 Å². The fraction of sp³-hybridized carbons (Fsp3) is 0.250. The lowest BCUT2D eigenvalue weighted by Crippen LogP contribution is -2.20. The smallest absolute Gasteiger partial charge is 0.229 e. The molecule has 0 aliphatic heterocycles. The van der Waals surface area contributed by atoms with Gasteiger partial charge in [-0.1, -0.05) is 25.1 Å². The second-order valence-corrected chi connectivity index (χ2v) is 7.87. The van der Waals surface area contributed by atoms with Crippen molar-refractivity contribution in [3.63, 3.8) is 0 Å². The van der Waals surface area contributed by atoms with Gasteiger partial charge >= 0.3 is 0 Å². The summed E-state index contributed by atoms with van der Waals surface area (Å²) in [6.45, 7) is 1.96. The largest absolute Gasteiger partial charge is 0.302 e. The first-order valence-corrected chi connectivity index (χ1v) is 10.7. The standard InChI is InChI=1S/C20H21N3OS2/c1-14(8-11-25-2)19(24)23-20-22-18(13-26-20)17-5-3-4-16(12-17)15-6-9-21-10-7-15/h3-7,9-10,12-14H,8,11H2,1-2H3,(H,22,23,24). The van der Waals surface area contributed by atoms with E-state index in [1.54, 1.807) is 24.2 Å². The van der Waals surface area contributed by atoms with Crippen LogP contribution in [0.15, 0.2) is 54.2 Å². The lowest BCUT2D eigenvalue weighted by atomic mass is 10.0. The molecule has 0 saturated heterocycles. The van der Waals surface area contributed by atoms with Gasteiger partial charge in [-0.15, -0.1) is 11.3 Å². The van der Waals surface area contributed by atoms with Crippen LogP contribution in [0.25, 0.3) is 22.4 Å². The highest BCUT2D eigenvalue weighted by Gasteiger charge is 2.14. The molecule has 0 saturated carbocycles. The van der Waals surface area contributed by atoms with Gasteiger partial charge in [0.25, 0.3) is 0 Å². The van der Waals surface area contributed by atoms with Crippen LogP contribution >= 0.6 is 23.1 Å². The molecule has 2 aromatic heterocycles. The van der Waals surface area contributed by atoms with E-state index in [2.05, 4.69) is 33.7 Å². The van der Waals surface area contributed by atoms with Gasteiger partial charge < -0.3 is 5.32 Å². The summed E-state index contributed by atoms with van der Waals surface area (Å²) < 4.78 is 0. The predicted molar refractivity (Wildman–Crippen MR) is 112 cm³/mol. The number of rotatable bonds is 7. The van der Waals surface area contributed by atoms with Crippen LogP contribution in [0.1, 0.15) is 13.3 Å². The molecule has 0 fully saturated rings. The maximum Gasteiger partial charge on any atom is 0.229 e. The fourth-order valence-electron chi connectivity index (χ4n) is 2.52. The number of anilines is 1. The number of nitrogens with zero attached hydrogens (tertiary/aromatic N) is 2. The number of pyridine rings is 1. The second-order valence-electron chi connectivity index (χ2n) is 6.03. The number of carbonyl (C=O) groups is 1. The third-order valence-electron chi connectivity index (χ3n) is 4.11. The Hall–Kier alpha value is -2.18. The molecule has 2 heterocycles. The molecule has 0 aliphatic rings. The first-order valence-electron chi connectivity index (χ1n) is 8.43. The van der Waals surface area contributed by atoms with Crippen molar-refractivity contribution >= 4 is 34.1 Å².